The van der Waals surface area contributed by atoms with E-state index in [0.29, 0.717) is 5.56 Å². The van der Waals surface area contributed by atoms with Crippen LogP contribution in [0.4, 0.5) is 0 Å². The number of Topliss-reactive ketones (excluding diaryl/α,β-unsaturated/α-hetero) is 1. The second-order valence-electron chi connectivity index (χ2n) is 2.96. The van der Waals surface area contributed by atoms with E-state index < -0.39 is 6.10 Å². The number of benzene rings is 1. The minimum atomic E-state index is -0.566. The van der Waals surface area contributed by atoms with Crippen LogP contribution < -0.4 is 0 Å². The van der Waals surface area contributed by atoms with Gasteiger partial charge in [-0.25, -0.2) is 0 Å². The van der Waals surface area contributed by atoms with E-state index in [1.165, 1.54) is 14.0 Å². The zero-order chi connectivity index (χ0) is 10.6. The number of hydrogen-bond acceptors (Lipinski definition) is 3. The van der Waals surface area contributed by atoms with E-state index in [2.05, 4.69) is 0 Å². The molecule has 0 aromatic heterocycles. The maximum Gasteiger partial charge on any atom is 0.163 e. The molecule has 1 aromatic rings. The zero-order valence-electron chi connectivity index (χ0n) is 8.15. The highest BCUT2D eigenvalue weighted by Gasteiger charge is 2.15. The number of hydrogen-bond donors (Lipinski definition) is 0. The van der Waals surface area contributed by atoms with E-state index in [4.69, 9.17) is 10.00 Å². The number of nitrogens with zero attached hydrogens (tertiary/aromatic N) is 1. The first-order valence-electron chi connectivity index (χ1n) is 4.22. The van der Waals surface area contributed by atoms with Crippen molar-refractivity contribution in [1.82, 2.24) is 0 Å². The summed E-state index contributed by atoms with van der Waals surface area (Å²) in [6, 6.07) is 8.88. The highest BCUT2D eigenvalue weighted by molar-refractivity contribution is 5.82. The molecular weight excluding hydrogens is 178 g/mol. The lowest BCUT2D eigenvalue weighted by Crippen LogP contribution is -2.10. The van der Waals surface area contributed by atoms with Crippen LogP contribution in [0.5, 0.6) is 0 Å². The van der Waals surface area contributed by atoms with Crippen molar-refractivity contribution in [3.63, 3.8) is 0 Å². The van der Waals surface area contributed by atoms with Crippen LogP contribution in [0.15, 0.2) is 24.3 Å². The minimum absolute atomic E-state index is 0.0670. The molecule has 0 aliphatic carbocycles. The lowest BCUT2D eigenvalue weighted by atomic mass is 10.0. The number of ether oxygens (including phenoxy) is 1. The average molecular weight is 189 g/mol. The van der Waals surface area contributed by atoms with Crippen LogP contribution in [0.1, 0.15) is 24.2 Å². The Bertz CT molecular complexity index is 379. The molecule has 1 aromatic carbocycles. The van der Waals surface area contributed by atoms with Crippen LogP contribution in [-0.4, -0.2) is 12.9 Å². The van der Waals surface area contributed by atoms with E-state index in [0.717, 1.165) is 5.56 Å². The van der Waals surface area contributed by atoms with Crippen molar-refractivity contribution >= 4 is 5.78 Å². The van der Waals surface area contributed by atoms with E-state index >= 15 is 0 Å². The maximum atomic E-state index is 11.2. The summed E-state index contributed by atoms with van der Waals surface area (Å²) in [6.07, 6.45) is -0.566. The van der Waals surface area contributed by atoms with Gasteiger partial charge in [-0.3, -0.25) is 4.79 Å². The topological polar surface area (TPSA) is 50.1 Å². The van der Waals surface area contributed by atoms with Crippen LogP contribution in [0.3, 0.4) is 0 Å². The van der Waals surface area contributed by atoms with Crippen LogP contribution in [0.25, 0.3) is 0 Å². The third kappa shape index (κ3) is 2.18. The number of nitriles is 1. The summed E-state index contributed by atoms with van der Waals surface area (Å²) in [4.78, 5) is 11.2. The Morgan fingerprint density at radius 3 is 2.79 bits per heavy atom. The van der Waals surface area contributed by atoms with Crippen molar-refractivity contribution in [2.45, 2.75) is 13.0 Å². The molecular formula is C11H11NO2. The first-order valence-corrected chi connectivity index (χ1v) is 4.22. The largest absolute Gasteiger partial charge is 0.369 e. The minimum Gasteiger partial charge on any atom is -0.369 e. The summed E-state index contributed by atoms with van der Waals surface area (Å²) >= 11 is 0. The van der Waals surface area contributed by atoms with Crippen molar-refractivity contribution < 1.29 is 9.53 Å². The Labute approximate surface area is 82.9 Å². The second kappa shape index (κ2) is 4.54. The molecule has 14 heavy (non-hydrogen) atoms. The molecule has 0 amide bonds. The predicted octanol–water partition coefficient (Wildman–Crippen LogP) is 1.83. The Balaban J connectivity index is 3.05. The van der Waals surface area contributed by atoms with E-state index in [-0.39, 0.29) is 5.78 Å². The first kappa shape index (κ1) is 10.4. The molecule has 0 aliphatic rings. The van der Waals surface area contributed by atoms with E-state index in [1.807, 2.05) is 6.07 Å². The van der Waals surface area contributed by atoms with Gasteiger partial charge in [0.25, 0.3) is 0 Å². The molecule has 0 aliphatic heterocycles. The fourth-order valence-electron chi connectivity index (χ4n) is 1.31. The van der Waals surface area contributed by atoms with Crippen molar-refractivity contribution in [1.29, 1.82) is 5.26 Å². The molecule has 1 unspecified atom stereocenters. The molecule has 0 N–H and O–H groups in total. The lowest BCUT2D eigenvalue weighted by molar-refractivity contribution is -0.126. The SMILES string of the molecule is COC(C(C)=O)c1cccc(C#N)c1. The zero-order valence-corrected chi connectivity index (χ0v) is 8.15. The molecule has 0 heterocycles. The standard InChI is InChI=1S/C11H11NO2/c1-8(13)11(14-2)10-5-3-4-9(6-10)7-12/h3-6,11H,1-2H3. The molecule has 1 atom stereocenters. The van der Waals surface area contributed by atoms with Crippen molar-refractivity contribution in [2.75, 3.05) is 7.11 Å². The lowest BCUT2D eigenvalue weighted by Gasteiger charge is -2.11. The molecule has 0 radical (unpaired) electrons. The van der Waals surface area contributed by atoms with Gasteiger partial charge < -0.3 is 4.74 Å². The molecule has 72 valence electrons. The number of carbonyl (C=O) groups excluding carboxylic acids is 1. The summed E-state index contributed by atoms with van der Waals surface area (Å²) in [7, 11) is 1.48. The Hall–Kier alpha value is -1.66. The van der Waals surface area contributed by atoms with Gasteiger partial charge in [-0.2, -0.15) is 5.26 Å². The molecule has 1 rings (SSSR count). The number of carbonyl (C=O) groups is 1. The van der Waals surface area contributed by atoms with Gasteiger partial charge in [-0.05, 0) is 24.6 Å². The summed E-state index contributed by atoms with van der Waals surface area (Å²) in [5, 5.41) is 8.68. The van der Waals surface area contributed by atoms with Gasteiger partial charge in [0.1, 0.15) is 6.10 Å². The molecule has 0 fully saturated rings. The number of rotatable bonds is 3. The summed E-state index contributed by atoms with van der Waals surface area (Å²) < 4.78 is 5.04. The van der Waals surface area contributed by atoms with Crippen LogP contribution in [0, 0.1) is 11.3 Å². The predicted molar refractivity (Wildman–Crippen MR) is 51.6 cm³/mol. The molecule has 3 heteroatoms. The van der Waals surface area contributed by atoms with Crippen molar-refractivity contribution in [2.24, 2.45) is 0 Å². The summed E-state index contributed by atoms with van der Waals surface area (Å²) in [5.41, 5.74) is 1.25. The quantitative estimate of drug-likeness (QED) is 0.728. The smallest absolute Gasteiger partial charge is 0.163 e. The number of ketones is 1. The van der Waals surface area contributed by atoms with Gasteiger partial charge in [-0.1, -0.05) is 12.1 Å². The third-order valence-electron chi connectivity index (χ3n) is 1.92. The molecule has 0 saturated carbocycles. The maximum absolute atomic E-state index is 11.2. The van der Waals surface area contributed by atoms with E-state index in [1.54, 1.807) is 24.3 Å². The van der Waals surface area contributed by atoms with Gasteiger partial charge in [0.05, 0.1) is 11.6 Å². The number of methoxy groups -OCH3 is 1. The van der Waals surface area contributed by atoms with Crippen LogP contribution in [-0.2, 0) is 9.53 Å². The molecule has 0 spiro atoms. The van der Waals surface area contributed by atoms with Gasteiger partial charge in [0, 0.05) is 7.11 Å². The normalized spacial score (nSPS) is 11.8. The van der Waals surface area contributed by atoms with E-state index in [9.17, 15) is 4.79 Å². The van der Waals surface area contributed by atoms with Crippen molar-refractivity contribution in [3.05, 3.63) is 35.4 Å². The first-order chi connectivity index (χ1) is 6.69. The summed E-state index contributed by atoms with van der Waals surface area (Å²) in [5.74, 6) is -0.0670. The van der Waals surface area contributed by atoms with Crippen LogP contribution in [0.2, 0.25) is 0 Å². The highest BCUT2D eigenvalue weighted by atomic mass is 16.5. The summed E-state index contributed by atoms with van der Waals surface area (Å²) in [6.45, 7) is 1.47. The fraction of sp³-hybridized carbons (Fsp3) is 0.273. The second-order valence-corrected chi connectivity index (χ2v) is 2.96. The van der Waals surface area contributed by atoms with Crippen molar-refractivity contribution in [3.8, 4) is 6.07 Å². The average Bonchev–Trinajstić information content (AvgIpc) is 2.19. The Kier molecular flexibility index (Phi) is 3.38. The Morgan fingerprint density at radius 1 is 1.57 bits per heavy atom. The molecule has 0 saturated heterocycles. The van der Waals surface area contributed by atoms with Gasteiger partial charge >= 0.3 is 0 Å². The third-order valence-corrected chi connectivity index (χ3v) is 1.92. The molecule has 3 nitrogen and oxygen atoms in total. The Morgan fingerprint density at radius 2 is 2.29 bits per heavy atom. The van der Waals surface area contributed by atoms with Gasteiger partial charge in [-0.15, -0.1) is 0 Å². The van der Waals surface area contributed by atoms with Gasteiger partial charge in [0.2, 0.25) is 0 Å². The molecule has 0 bridgehead atoms. The highest BCUT2D eigenvalue weighted by Crippen LogP contribution is 2.18. The monoisotopic (exact) mass is 189 g/mol. The van der Waals surface area contributed by atoms with Crippen LogP contribution >= 0.6 is 0 Å². The fourth-order valence-corrected chi connectivity index (χ4v) is 1.31. The van der Waals surface area contributed by atoms with Gasteiger partial charge in [0.15, 0.2) is 5.78 Å².